The molecule has 0 aliphatic heterocycles. The number of nitrogens with one attached hydrogen (secondary N) is 2. The third-order valence-electron chi connectivity index (χ3n) is 4.61. The Morgan fingerprint density at radius 3 is 2.38 bits per heavy atom. The van der Waals surface area contributed by atoms with E-state index >= 15 is 0 Å². The highest BCUT2D eigenvalue weighted by molar-refractivity contribution is 6.30. The zero-order chi connectivity index (χ0) is 20.6. The second kappa shape index (κ2) is 10.1. The minimum absolute atomic E-state index is 0.0770. The van der Waals surface area contributed by atoms with Gasteiger partial charge in [0.15, 0.2) is 0 Å². The quantitative estimate of drug-likeness (QED) is 0.497. The molecule has 0 aliphatic carbocycles. The Morgan fingerprint density at radius 2 is 1.66 bits per heavy atom. The number of ether oxygens (including phenoxy) is 1. The lowest BCUT2D eigenvalue weighted by Gasteiger charge is -2.24. The number of benzene rings is 3. The molecule has 5 heteroatoms. The van der Waals surface area contributed by atoms with Crippen molar-refractivity contribution < 1.29 is 9.53 Å². The van der Waals surface area contributed by atoms with Gasteiger partial charge in [-0.05, 0) is 49.2 Å². The van der Waals surface area contributed by atoms with E-state index in [-0.39, 0.29) is 11.9 Å². The van der Waals surface area contributed by atoms with Crippen LogP contribution in [0, 0.1) is 0 Å². The summed E-state index contributed by atoms with van der Waals surface area (Å²) < 4.78 is 5.64. The molecule has 1 amide bonds. The van der Waals surface area contributed by atoms with Gasteiger partial charge in [-0.3, -0.25) is 10.1 Å². The zero-order valence-electron chi connectivity index (χ0n) is 16.6. The summed E-state index contributed by atoms with van der Waals surface area (Å²) in [7, 11) is 0. The van der Waals surface area contributed by atoms with E-state index in [0.717, 1.165) is 11.1 Å². The molecule has 0 saturated carbocycles. The molecule has 2 atom stereocenters. The second-order valence-electron chi connectivity index (χ2n) is 6.71. The fourth-order valence-corrected chi connectivity index (χ4v) is 3.35. The summed E-state index contributed by atoms with van der Waals surface area (Å²) in [5, 5.41) is 7.12. The van der Waals surface area contributed by atoms with Crippen molar-refractivity contribution in [1.29, 1.82) is 0 Å². The number of hydrogen-bond acceptors (Lipinski definition) is 3. The van der Waals surface area contributed by atoms with Gasteiger partial charge in [0.05, 0.1) is 12.3 Å². The molecule has 29 heavy (non-hydrogen) atoms. The highest BCUT2D eigenvalue weighted by atomic mass is 35.5. The van der Waals surface area contributed by atoms with Gasteiger partial charge in [-0.25, -0.2) is 0 Å². The molecule has 0 aliphatic rings. The first-order valence-electron chi connectivity index (χ1n) is 9.67. The molecule has 0 heterocycles. The molecule has 0 fully saturated rings. The number of rotatable bonds is 8. The van der Waals surface area contributed by atoms with E-state index in [1.807, 2.05) is 92.7 Å². The smallest absolute Gasteiger partial charge is 0.246 e. The molecular formula is C24H25ClN2O2. The first-order chi connectivity index (χ1) is 14.1. The van der Waals surface area contributed by atoms with Crippen LogP contribution in [0.15, 0.2) is 78.9 Å². The average molecular weight is 409 g/mol. The van der Waals surface area contributed by atoms with E-state index in [1.54, 1.807) is 0 Å². The Kier molecular flexibility index (Phi) is 7.28. The van der Waals surface area contributed by atoms with Crippen LogP contribution < -0.4 is 15.4 Å². The minimum Gasteiger partial charge on any atom is -0.492 e. The molecule has 0 bridgehead atoms. The highest BCUT2D eigenvalue weighted by Crippen LogP contribution is 2.27. The summed E-state index contributed by atoms with van der Waals surface area (Å²) in [6.07, 6.45) is 0. The number of para-hydroxylation sites is 2. The van der Waals surface area contributed by atoms with E-state index in [4.69, 9.17) is 16.3 Å². The molecule has 0 unspecified atom stereocenters. The molecule has 3 aromatic rings. The number of carbonyl (C=O) groups is 1. The number of hydrogen-bond donors (Lipinski definition) is 2. The van der Waals surface area contributed by atoms with Crippen molar-refractivity contribution in [3.05, 3.63) is 95.0 Å². The van der Waals surface area contributed by atoms with Gasteiger partial charge in [-0.15, -0.1) is 0 Å². The van der Waals surface area contributed by atoms with Crippen molar-refractivity contribution in [3.8, 4) is 5.75 Å². The maximum Gasteiger partial charge on any atom is 0.246 e. The third kappa shape index (κ3) is 5.59. The summed E-state index contributed by atoms with van der Waals surface area (Å²) in [4.78, 5) is 13.2. The Labute approximate surface area is 176 Å². The lowest BCUT2D eigenvalue weighted by Crippen LogP contribution is -2.34. The van der Waals surface area contributed by atoms with Crippen LogP contribution in [0.25, 0.3) is 0 Å². The predicted octanol–water partition coefficient (Wildman–Crippen LogP) is 5.77. The van der Waals surface area contributed by atoms with Crippen molar-refractivity contribution in [2.45, 2.75) is 25.9 Å². The van der Waals surface area contributed by atoms with Crippen molar-refractivity contribution in [1.82, 2.24) is 5.32 Å². The molecular weight excluding hydrogens is 384 g/mol. The first kappa shape index (κ1) is 20.9. The van der Waals surface area contributed by atoms with Crippen LogP contribution in [0.3, 0.4) is 0 Å². The normalized spacial score (nSPS) is 12.8. The van der Waals surface area contributed by atoms with Gasteiger partial charge in [-0.2, -0.15) is 0 Å². The van der Waals surface area contributed by atoms with Gasteiger partial charge >= 0.3 is 0 Å². The molecule has 0 spiro atoms. The van der Waals surface area contributed by atoms with Crippen molar-refractivity contribution in [2.24, 2.45) is 0 Å². The monoisotopic (exact) mass is 408 g/mol. The van der Waals surface area contributed by atoms with E-state index in [2.05, 4.69) is 10.6 Å². The molecule has 3 rings (SSSR count). The summed E-state index contributed by atoms with van der Waals surface area (Å²) in [6.45, 7) is 4.46. The summed E-state index contributed by atoms with van der Waals surface area (Å²) in [5.41, 5.74) is 2.55. The van der Waals surface area contributed by atoms with E-state index in [9.17, 15) is 4.79 Å². The average Bonchev–Trinajstić information content (AvgIpc) is 2.74. The van der Waals surface area contributed by atoms with Crippen LogP contribution >= 0.6 is 11.6 Å². The lowest BCUT2D eigenvalue weighted by atomic mass is 10.0. The van der Waals surface area contributed by atoms with Gasteiger partial charge < -0.3 is 10.1 Å². The van der Waals surface area contributed by atoms with Crippen molar-refractivity contribution in [3.63, 3.8) is 0 Å². The first-order valence-corrected chi connectivity index (χ1v) is 10.1. The molecule has 150 valence electrons. The standard InChI is InChI=1S/C24H25ClN2O2/c1-3-29-22-15-8-7-14-21(22)27-24(28)23(18-10-5-4-6-11-18)26-17(2)19-12-9-13-20(25)16-19/h4-17,23,26H,3H2,1-2H3,(H,27,28)/t17-,23-/m0/s1. The van der Waals surface area contributed by atoms with Gasteiger partial charge in [0.1, 0.15) is 11.8 Å². The summed E-state index contributed by atoms with van der Waals surface area (Å²) in [6, 6.07) is 24.1. The molecule has 0 radical (unpaired) electrons. The van der Waals surface area contributed by atoms with E-state index in [0.29, 0.717) is 23.1 Å². The Balaban J connectivity index is 1.85. The fourth-order valence-electron chi connectivity index (χ4n) is 3.15. The van der Waals surface area contributed by atoms with E-state index < -0.39 is 6.04 Å². The lowest BCUT2D eigenvalue weighted by molar-refractivity contribution is -0.118. The van der Waals surface area contributed by atoms with Crippen LogP contribution in [-0.2, 0) is 4.79 Å². The van der Waals surface area contributed by atoms with Crippen LogP contribution in [0.5, 0.6) is 5.75 Å². The zero-order valence-corrected chi connectivity index (χ0v) is 17.3. The number of anilines is 1. The van der Waals surface area contributed by atoms with Gasteiger partial charge in [0.2, 0.25) is 5.91 Å². The third-order valence-corrected chi connectivity index (χ3v) is 4.84. The second-order valence-corrected chi connectivity index (χ2v) is 7.14. The largest absolute Gasteiger partial charge is 0.492 e. The molecule has 2 N–H and O–H groups in total. The summed E-state index contributed by atoms with van der Waals surface area (Å²) in [5.74, 6) is 0.496. The van der Waals surface area contributed by atoms with Crippen LogP contribution in [0.1, 0.15) is 37.1 Å². The van der Waals surface area contributed by atoms with Gasteiger partial charge in [-0.1, -0.05) is 66.2 Å². The molecule has 0 aromatic heterocycles. The van der Waals surface area contributed by atoms with Crippen LogP contribution in [-0.4, -0.2) is 12.5 Å². The van der Waals surface area contributed by atoms with Crippen LogP contribution in [0.2, 0.25) is 5.02 Å². The highest BCUT2D eigenvalue weighted by Gasteiger charge is 2.24. The van der Waals surface area contributed by atoms with Crippen molar-refractivity contribution >= 4 is 23.2 Å². The van der Waals surface area contributed by atoms with E-state index in [1.165, 1.54) is 0 Å². The molecule has 0 saturated heterocycles. The SMILES string of the molecule is CCOc1ccccc1NC(=O)[C@@H](N[C@@H](C)c1cccc(Cl)c1)c1ccccc1. The Hall–Kier alpha value is -2.82. The number of carbonyl (C=O) groups excluding carboxylic acids is 1. The van der Waals surface area contributed by atoms with Gasteiger partial charge in [0.25, 0.3) is 0 Å². The Bertz CT molecular complexity index is 946. The maximum absolute atomic E-state index is 13.2. The van der Waals surface area contributed by atoms with Crippen molar-refractivity contribution in [2.75, 3.05) is 11.9 Å². The maximum atomic E-state index is 13.2. The number of halogens is 1. The summed E-state index contributed by atoms with van der Waals surface area (Å²) >= 11 is 6.14. The number of amides is 1. The molecule has 4 nitrogen and oxygen atoms in total. The minimum atomic E-state index is -0.542. The topological polar surface area (TPSA) is 50.4 Å². The Morgan fingerprint density at radius 1 is 0.966 bits per heavy atom. The van der Waals surface area contributed by atoms with Gasteiger partial charge in [0, 0.05) is 11.1 Å². The predicted molar refractivity (Wildman–Crippen MR) is 118 cm³/mol. The molecule has 3 aromatic carbocycles. The van der Waals surface area contributed by atoms with Crippen LogP contribution in [0.4, 0.5) is 5.69 Å². The fraction of sp³-hybridized carbons (Fsp3) is 0.208.